The molecule has 8 heteroatoms. The van der Waals surface area contributed by atoms with Crippen molar-refractivity contribution in [3.05, 3.63) is 89.9 Å². The highest BCUT2D eigenvalue weighted by Gasteiger charge is 2.26. The van der Waals surface area contributed by atoms with Crippen molar-refractivity contribution in [1.82, 2.24) is 25.5 Å². The molecule has 1 heterocycles. The zero-order chi connectivity index (χ0) is 28.0. The fourth-order valence-electron chi connectivity index (χ4n) is 4.22. The first-order valence-electron chi connectivity index (χ1n) is 13.2. The van der Waals surface area contributed by atoms with E-state index in [4.69, 9.17) is 0 Å². The number of H-pyrrole nitrogens is 1. The molecule has 3 aromatic rings. The van der Waals surface area contributed by atoms with Gasteiger partial charge in [0.25, 0.3) is 0 Å². The van der Waals surface area contributed by atoms with Crippen LogP contribution in [-0.4, -0.2) is 49.5 Å². The minimum absolute atomic E-state index is 0.00531. The van der Waals surface area contributed by atoms with Crippen LogP contribution >= 0.6 is 11.8 Å². The van der Waals surface area contributed by atoms with Gasteiger partial charge in [-0.3, -0.25) is 4.79 Å². The van der Waals surface area contributed by atoms with E-state index in [2.05, 4.69) is 27.2 Å². The Morgan fingerprint density at radius 3 is 2.46 bits per heavy atom. The fraction of sp³-hybridized carbons (Fsp3) is 0.323. The molecule has 1 unspecified atom stereocenters. The number of aromatic amines is 1. The lowest BCUT2D eigenvalue weighted by molar-refractivity contribution is -0.138. The number of hydrogen-bond acceptors (Lipinski definition) is 6. The minimum Gasteiger partial charge on any atom is -0.328 e. The molecule has 1 amide bonds. The van der Waals surface area contributed by atoms with Gasteiger partial charge in [0.05, 0.1) is 6.04 Å². The Morgan fingerprint density at radius 2 is 1.85 bits per heavy atom. The number of rotatable bonds is 15. The van der Waals surface area contributed by atoms with E-state index in [1.807, 2.05) is 93.6 Å². The zero-order valence-corrected chi connectivity index (χ0v) is 23.7. The van der Waals surface area contributed by atoms with Crippen LogP contribution in [-0.2, 0) is 16.1 Å². The average molecular weight is 544 g/mol. The van der Waals surface area contributed by atoms with E-state index < -0.39 is 6.04 Å². The molecule has 0 bridgehead atoms. The van der Waals surface area contributed by atoms with Gasteiger partial charge in [-0.2, -0.15) is 5.21 Å². The lowest BCUT2D eigenvalue weighted by atomic mass is 9.97. The molecule has 0 aliphatic rings. The number of carbonyl (C=O) groups is 2. The zero-order valence-electron chi connectivity index (χ0n) is 22.9. The van der Waals surface area contributed by atoms with Crippen molar-refractivity contribution in [2.45, 2.75) is 52.6 Å². The number of nitrogens with zero attached hydrogens (tertiary/aromatic N) is 4. The van der Waals surface area contributed by atoms with Crippen molar-refractivity contribution in [2.24, 2.45) is 5.92 Å². The second-order valence-electron chi connectivity index (χ2n) is 9.47. The molecule has 0 saturated heterocycles. The quantitative estimate of drug-likeness (QED) is 0.131. The van der Waals surface area contributed by atoms with Crippen LogP contribution in [0.2, 0.25) is 0 Å². The summed E-state index contributed by atoms with van der Waals surface area (Å²) >= 11 is 1.74. The van der Waals surface area contributed by atoms with Crippen LogP contribution in [0.3, 0.4) is 0 Å². The largest absolute Gasteiger partial charge is 0.328 e. The van der Waals surface area contributed by atoms with E-state index in [9.17, 15) is 9.59 Å². The maximum Gasteiger partial charge on any atom is 0.223 e. The molecule has 3 rings (SSSR count). The highest BCUT2D eigenvalue weighted by atomic mass is 32.2. The van der Waals surface area contributed by atoms with Crippen molar-refractivity contribution in [3.8, 4) is 22.5 Å². The summed E-state index contributed by atoms with van der Waals surface area (Å²) in [6.45, 7) is 10.2. The third-order valence-corrected chi connectivity index (χ3v) is 7.47. The molecule has 0 fully saturated rings. The molecule has 1 aromatic heterocycles. The van der Waals surface area contributed by atoms with Gasteiger partial charge in [0.15, 0.2) is 0 Å². The number of unbranched alkanes of at least 4 members (excludes halogenated alkanes) is 1. The number of allylic oxidation sites excluding steroid dienone is 4. The maximum absolute atomic E-state index is 13.3. The number of aromatic nitrogens is 4. The van der Waals surface area contributed by atoms with Crippen LogP contribution in [0.5, 0.6) is 0 Å². The highest BCUT2D eigenvalue weighted by molar-refractivity contribution is 8.03. The summed E-state index contributed by atoms with van der Waals surface area (Å²) in [4.78, 5) is 28.2. The Balaban J connectivity index is 1.68. The number of nitrogens with one attached hydrogen (secondary N) is 1. The maximum atomic E-state index is 13.3. The van der Waals surface area contributed by atoms with Crippen LogP contribution in [0.1, 0.15) is 45.6 Å². The van der Waals surface area contributed by atoms with Crippen LogP contribution in [0.15, 0.2) is 84.3 Å². The lowest BCUT2D eigenvalue weighted by Gasteiger charge is -2.31. The summed E-state index contributed by atoms with van der Waals surface area (Å²) in [5.74, 6) is 1.47. The van der Waals surface area contributed by atoms with Crippen LogP contribution in [0.4, 0.5) is 0 Å². The van der Waals surface area contributed by atoms with Gasteiger partial charge < -0.3 is 9.69 Å². The van der Waals surface area contributed by atoms with E-state index in [-0.39, 0.29) is 11.8 Å². The van der Waals surface area contributed by atoms with E-state index in [1.54, 1.807) is 16.7 Å². The number of tetrazole rings is 1. The van der Waals surface area contributed by atoms with Crippen molar-refractivity contribution in [2.75, 3.05) is 5.75 Å². The van der Waals surface area contributed by atoms with Gasteiger partial charge in [-0.25, -0.2) is 0 Å². The average Bonchev–Trinajstić information content (AvgIpc) is 3.49. The molecule has 39 heavy (non-hydrogen) atoms. The van der Waals surface area contributed by atoms with Gasteiger partial charge in [0, 0.05) is 23.4 Å². The van der Waals surface area contributed by atoms with Crippen molar-refractivity contribution in [3.63, 3.8) is 0 Å². The molecular formula is C31H37N5O2S. The second-order valence-corrected chi connectivity index (χ2v) is 10.6. The molecule has 204 valence electrons. The molecule has 1 N–H and O–H groups in total. The third-order valence-electron chi connectivity index (χ3n) is 6.34. The number of thioether (sulfide) groups is 1. The molecule has 1 atom stereocenters. The van der Waals surface area contributed by atoms with Gasteiger partial charge in [-0.1, -0.05) is 87.2 Å². The molecule has 0 radical (unpaired) electrons. The summed E-state index contributed by atoms with van der Waals surface area (Å²) in [6, 6.07) is 15.5. The summed E-state index contributed by atoms with van der Waals surface area (Å²) in [5, 5.41) is 14.4. The predicted octanol–water partition coefficient (Wildman–Crippen LogP) is 6.64. The smallest absolute Gasteiger partial charge is 0.223 e. The Kier molecular flexibility index (Phi) is 11.9. The Labute approximate surface area is 235 Å². The molecule has 2 aromatic carbocycles. The van der Waals surface area contributed by atoms with Gasteiger partial charge in [-0.05, 0) is 59.4 Å². The Hall–Kier alpha value is -3.78. The monoisotopic (exact) mass is 543 g/mol. The summed E-state index contributed by atoms with van der Waals surface area (Å²) in [7, 11) is 0. The van der Waals surface area contributed by atoms with Gasteiger partial charge >= 0.3 is 0 Å². The Morgan fingerprint density at radius 1 is 1.10 bits per heavy atom. The lowest BCUT2D eigenvalue weighted by Crippen LogP contribution is -2.43. The number of amides is 1. The van der Waals surface area contributed by atoms with Crippen LogP contribution in [0.25, 0.3) is 22.5 Å². The number of aldehydes is 1. The summed E-state index contributed by atoms with van der Waals surface area (Å²) < 4.78 is 0. The standard InChI is InChI=1S/C31H37N5O2S/c1-5-7-12-26(6-2)39-20-11-10-15-30(38)36(29(22-37)23(3)4)21-24-16-18-25(19-17-24)27-13-8-9-14-28(27)31-32-34-35-33-31/h5-9,12-14,16-19,22-23,29H,2,10-11,15,20-21H2,1,3-4H3,(H,32,33,34,35)/b7-5-,26-12+. The first-order valence-corrected chi connectivity index (χ1v) is 14.2. The van der Waals surface area contributed by atoms with E-state index in [0.717, 1.165) is 52.0 Å². The molecule has 0 saturated carbocycles. The predicted molar refractivity (Wildman–Crippen MR) is 160 cm³/mol. The normalized spacial score (nSPS) is 12.6. The van der Waals surface area contributed by atoms with Crippen LogP contribution in [0, 0.1) is 5.92 Å². The second kappa shape index (κ2) is 15.6. The number of hydrogen-bond donors (Lipinski definition) is 1. The van der Waals surface area contributed by atoms with Crippen molar-refractivity contribution in [1.29, 1.82) is 0 Å². The number of benzene rings is 2. The summed E-state index contributed by atoms with van der Waals surface area (Å²) in [5.41, 5.74) is 3.85. The topological polar surface area (TPSA) is 91.8 Å². The molecular weight excluding hydrogens is 506 g/mol. The van der Waals surface area contributed by atoms with E-state index >= 15 is 0 Å². The van der Waals surface area contributed by atoms with Crippen LogP contribution < -0.4 is 0 Å². The highest BCUT2D eigenvalue weighted by Crippen LogP contribution is 2.30. The van der Waals surface area contributed by atoms with Crippen molar-refractivity contribution >= 4 is 24.0 Å². The molecule has 0 aliphatic carbocycles. The minimum atomic E-state index is -0.471. The van der Waals surface area contributed by atoms with E-state index in [0.29, 0.717) is 18.8 Å². The van der Waals surface area contributed by atoms with Crippen molar-refractivity contribution < 1.29 is 9.59 Å². The van der Waals surface area contributed by atoms with Gasteiger partial charge in [0.2, 0.25) is 11.7 Å². The fourth-order valence-corrected chi connectivity index (χ4v) is 5.10. The molecule has 0 spiro atoms. The number of carbonyl (C=O) groups excluding carboxylic acids is 2. The van der Waals surface area contributed by atoms with E-state index in [1.165, 1.54) is 0 Å². The van der Waals surface area contributed by atoms with Gasteiger partial charge in [-0.15, -0.1) is 22.0 Å². The Bertz CT molecular complexity index is 1270. The molecule has 7 nitrogen and oxygen atoms in total. The first-order chi connectivity index (χ1) is 19.0. The van der Waals surface area contributed by atoms with Gasteiger partial charge in [0.1, 0.15) is 6.29 Å². The summed E-state index contributed by atoms with van der Waals surface area (Å²) in [6.07, 6.45) is 10.9. The molecule has 0 aliphatic heterocycles. The first kappa shape index (κ1) is 29.8. The SMILES string of the molecule is C=C/C(=C\C=C/C)SCCCCC(=O)N(Cc1ccc(-c2ccccc2-c2nn[nH]n2)cc1)C(C=O)C(C)C. The third kappa shape index (κ3) is 8.61.